The average molecular weight is 321 g/mol. The molecule has 0 spiro atoms. The van der Waals surface area contributed by atoms with E-state index in [0.29, 0.717) is 6.54 Å². The lowest BCUT2D eigenvalue weighted by Gasteiger charge is -2.17. The summed E-state index contributed by atoms with van der Waals surface area (Å²) in [6.07, 6.45) is 2.87. The van der Waals surface area contributed by atoms with Crippen molar-refractivity contribution in [2.75, 3.05) is 6.54 Å². The summed E-state index contributed by atoms with van der Waals surface area (Å²) in [6.45, 7) is 2.60. The first-order chi connectivity index (χ1) is 9.16. The summed E-state index contributed by atoms with van der Waals surface area (Å²) in [5.74, 6) is 0. The van der Waals surface area contributed by atoms with Gasteiger partial charge in [0.25, 0.3) is 0 Å². The normalized spacial score (nSPS) is 14.1. The molecule has 2 unspecified atom stereocenters. The van der Waals surface area contributed by atoms with E-state index in [2.05, 4.69) is 45.3 Å². The van der Waals surface area contributed by atoms with Gasteiger partial charge in [0, 0.05) is 29.5 Å². The predicted octanol–water partition coefficient (Wildman–Crippen LogP) is 3.23. The van der Waals surface area contributed by atoms with Crippen LogP contribution in [-0.4, -0.2) is 16.6 Å². The number of aliphatic hydroxyl groups is 1. The molecule has 0 radical (unpaired) electrons. The van der Waals surface area contributed by atoms with Gasteiger partial charge in [-0.15, -0.1) is 0 Å². The number of nitrogens with zero attached hydrogens (tertiary/aromatic N) is 1. The standard InChI is InChI=1S/C15H17BrN2O/c1-11(12-2-4-14(16)5-3-12)18-10-15(19)13-6-8-17-9-7-13/h2-9,11,15,18-19H,10H2,1H3. The van der Waals surface area contributed by atoms with Gasteiger partial charge in [-0.25, -0.2) is 0 Å². The van der Waals surface area contributed by atoms with Gasteiger partial charge in [-0.2, -0.15) is 0 Å². The molecule has 0 aliphatic heterocycles. The maximum atomic E-state index is 10.1. The van der Waals surface area contributed by atoms with Crippen LogP contribution in [0.25, 0.3) is 0 Å². The molecule has 2 N–H and O–H groups in total. The van der Waals surface area contributed by atoms with Crippen molar-refractivity contribution in [1.82, 2.24) is 10.3 Å². The second-order valence-corrected chi connectivity index (χ2v) is 5.39. The third-order valence-electron chi connectivity index (χ3n) is 3.08. The molecule has 0 aliphatic rings. The van der Waals surface area contributed by atoms with Crippen LogP contribution in [0.4, 0.5) is 0 Å². The molecular formula is C15H17BrN2O. The molecule has 0 saturated carbocycles. The number of nitrogens with one attached hydrogen (secondary N) is 1. The number of pyridine rings is 1. The highest BCUT2D eigenvalue weighted by atomic mass is 79.9. The van der Waals surface area contributed by atoms with Gasteiger partial charge in [0.05, 0.1) is 6.10 Å². The molecule has 19 heavy (non-hydrogen) atoms. The first-order valence-corrected chi connectivity index (χ1v) is 7.03. The molecule has 0 fully saturated rings. The Balaban J connectivity index is 1.90. The number of benzene rings is 1. The Morgan fingerprint density at radius 1 is 1.11 bits per heavy atom. The summed E-state index contributed by atoms with van der Waals surface area (Å²) in [7, 11) is 0. The highest BCUT2D eigenvalue weighted by Gasteiger charge is 2.10. The van der Waals surface area contributed by atoms with Gasteiger partial charge in [-0.05, 0) is 42.3 Å². The first kappa shape index (κ1) is 14.2. The number of aromatic nitrogens is 1. The summed E-state index contributed by atoms with van der Waals surface area (Å²) in [6, 6.07) is 12.0. The van der Waals surface area contributed by atoms with Crippen molar-refractivity contribution >= 4 is 15.9 Å². The molecule has 1 heterocycles. The van der Waals surface area contributed by atoms with Crippen LogP contribution in [-0.2, 0) is 0 Å². The van der Waals surface area contributed by atoms with Gasteiger partial charge < -0.3 is 10.4 Å². The number of hydrogen-bond acceptors (Lipinski definition) is 3. The molecule has 0 aliphatic carbocycles. The molecule has 2 atom stereocenters. The SMILES string of the molecule is CC(NCC(O)c1ccncc1)c1ccc(Br)cc1. The molecular weight excluding hydrogens is 304 g/mol. The smallest absolute Gasteiger partial charge is 0.0915 e. The van der Waals surface area contributed by atoms with Crippen molar-refractivity contribution in [3.8, 4) is 0 Å². The van der Waals surface area contributed by atoms with Crippen LogP contribution in [0.15, 0.2) is 53.3 Å². The highest BCUT2D eigenvalue weighted by molar-refractivity contribution is 9.10. The summed E-state index contributed by atoms with van der Waals surface area (Å²) in [5, 5.41) is 13.4. The van der Waals surface area contributed by atoms with E-state index < -0.39 is 6.10 Å². The van der Waals surface area contributed by atoms with Crippen molar-refractivity contribution in [2.45, 2.75) is 19.1 Å². The van der Waals surface area contributed by atoms with E-state index in [4.69, 9.17) is 0 Å². The lowest BCUT2D eigenvalue weighted by Crippen LogP contribution is -2.24. The summed E-state index contributed by atoms with van der Waals surface area (Å²) < 4.78 is 1.07. The molecule has 1 aromatic heterocycles. The second-order valence-electron chi connectivity index (χ2n) is 4.48. The zero-order valence-corrected chi connectivity index (χ0v) is 12.3. The fraction of sp³-hybridized carbons (Fsp3) is 0.267. The van der Waals surface area contributed by atoms with Crippen LogP contribution < -0.4 is 5.32 Å². The van der Waals surface area contributed by atoms with E-state index in [-0.39, 0.29) is 6.04 Å². The van der Waals surface area contributed by atoms with E-state index in [1.54, 1.807) is 12.4 Å². The van der Waals surface area contributed by atoms with Gasteiger partial charge in [-0.1, -0.05) is 28.1 Å². The first-order valence-electron chi connectivity index (χ1n) is 6.23. The van der Waals surface area contributed by atoms with Gasteiger partial charge in [-0.3, -0.25) is 4.98 Å². The van der Waals surface area contributed by atoms with Crippen LogP contribution in [0.1, 0.15) is 30.2 Å². The summed E-state index contributed by atoms with van der Waals surface area (Å²) >= 11 is 3.42. The van der Waals surface area contributed by atoms with Gasteiger partial charge >= 0.3 is 0 Å². The quantitative estimate of drug-likeness (QED) is 0.889. The van der Waals surface area contributed by atoms with E-state index in [1.165, 1.54) is 5.56 Å². The van der Waals surface area contributed by atoms with Crippen LogP contribution in [0, 0.1) is 0 Å². The molecule has 0 amide bonds. The van der Waals surface area contributed by atoms with E-state index in [9.17, 15) is 5.11 Å². The number of rotatable bonds is 5. The van der Waals surface area contributed by atoms with Crippen molar-refractivity contribution in [2.24, 2.45) is 0 Å². The monoisotopic (exact) mass is 320 g/mol. The number of hydrogen-bond donors (Lipinski definition) is 2. The van der Waals surface area contributed by atoms with Crippen molar-refractivity contribution in [1.29, 1.82) is 0 Å². The molecule has 0 bridgehead atoms. The van der Waals surface area contributed by atoms with Crippen LogP contribution in [0.5, 0.6) is 0 Å². The number of halogens is 1. The topological polar surface area (TPSA) is 45.1 Å². The molecule has 2 aromatic rings. The molecule has 0 saturated heterocycles. The fourth-order valence-electron chi connectivity index (χ4n) is 1.86. The Bertz CT molecular complexity index is 501. The Hall–Kier alpha value is -1.23. The van der Waals surface area contributed by atoms with Crippen LogP contribution in [0.2, 0.25) is 0 Å². The summed E-state index contributed by atoms with van der Waals surface area (Å²) in [5.41, 5.74) is 2.08. The van der Waals surface area contributed by atoms with Crippen molar-refractivity contribution in [3.63, 3.8) is 0 Å². The van der Waals surface area contributed by atoms with E-state index in [1.807, 2.05) is 24.3 Å². The fourth-order valence-corrected chi connectivity index (χ4v) is 2.13. The largest absolute Gasteiger partial charge is 0.387 e. The molecule has 1 aromatic carbocycles. The van der Waals surface area contributed by atoms with Crippen LogP contribution >= 0.6 is 15.9 Å². The minimum absolute atomic E-state index is 0.199. The van der Waals surface area contributed by atoms with Gasteiger partial charge in [0.2, 0.25) is 0 Å². The Morgan fingerprint density at radius 3 is 2.37 bits per heavy atom. The average Bonchev–Trinajstić information content (AvgIpc) is 2.46. The number of aliphatic hydroxyl groups excluding tert-OH is 1. The third kappa shape index (κ3) is 4.13. The Morgan fingerprint density at radius 2 is 1.74 bits per heavy atom. The lowest BCUT2D eigenvalue weighted by molar-refractivity contribution is 0.170. The Labute approximate surface area is 121 Å². The van der Waals surface area contributed by atoms with Gasteiger partial charge in [0.15, 0.2) is 0 Å². The second kappa shape index (κ2) is 6.80. The van der Waals surface area contributed by atoms with Gasteiger partial charge in [0.1, 0.15) is 0 Å². The highest BCUT2D eigenvalue weighted by Crippen LogP contribution is 2.17. The maximum Gasteiger partial charge on any atom is 0.0915 e. The Kier molecular flexibility index (Phi) is 5.07. The molecule has 100 valence electrons. The lowest BCUT2D eigenvalue weighted by atomic mass is 10.1. The molecule has 2 rings (SSSR count). The minimum atomic E-state index is -0.513. The predicted molar refractivity (Wildman–Crippen MR) is 79.8 cm³/mol. The van der Waals surface area contributed by atoms with Crippen molar-refractivity contribution in [3.05, 3.63) is 64.4 Å². The van der Waals surface area contributed by atoms with E-state index >= 15 is 0 Å². The van der Waals surface area contributed by atoms with E-state index in [0.717, 1.165) is 10.0 Å². The molecule has 3 nitrogen and oxygen atoms in total. The maximum absolute atomic E-state index is 10.1. The zero-order valence-electron chi connectivity index (χ0n) is 10.8. The minimum Gasteiger partial charge on any atom is -0.387 e. The third-order valence-corrected chi connectivity index (χ3v) is 3.61. The van der Waals surface area contributed by atoms with Crippen molar-refractivity contribution < 1.29 is 5.11 Å². The molecule has 4 heteroatoms. The summed E-state index contributed by atoms with van der Waals surface area (Å²) in [4.78, 5) is 3.94. The zero-order chi connectivity index (χ0) is 13.7. The van der Waals surface area contributed by atoms with Crippen LogP contribution in [0.3, 0.4) is 0 Å².